The second kappa shape index (κ2) is 5.70. The molecule has 108 valence electrons. The minimum atomic E-state index is -1.44. The number of H-pyrrole nitrogens is 1. The number of carboxylic acid groups (broad SMARTS) is 2. The fraction of sp³-hybridized carbons (Fsp3) is 0.455. The van der Waals surface area contributed by atoms with E-state index in [2.05, 4.69) is 20.6 Å². The Morgan fingerprint density at radius 3 is 2.85 bits per heavy atom. The fourth-order valence-corrected chi connectivity index (χ4v) is 2.00. The van der Waals surface area contributed by atoms with Crippen molar-refractivity contribution in [1.82, 2.24) is 20.6 Å². The first kappa shape index (κ1) is 14.0. The minimum Gasteiger partial charge on any atom is -0.481 e. The van der Waals surface area contributed by atoms with Gasteiger partial charge in [-0.15, -0.1) is 0 Å². The molecule has 1 aromatic heterocycles. The van der Waals surface area contributed by atoms with Gasteiger partial charge in [0.15, 0.2) is 0 Å². The van der Waals surface area contributed by atoms with E-state index in [0.717, 1.165) is 11.4 Å². The zero-order chi connectivity index (χ0) is 14.7. The van der Waals surface area contributed by atoms with Crippen molar-refractivity contribution in [3.8, 4) is 0 Å². The van der Waals surface area contributed by atoms with Gasteiger partial charge in [-0.3, -0.25) is 14.9 Å². The van der Waals surface area contributed by atoms with E-state index >= 15 is 0 Å². The van der Waals surface area contributed by atoms with Gasteiger partial charge >= 0.3 is 11.9 Å². The highest BCUT2D eigenvalue weighted by Crippen LogP contribution is 2.12. The van der Waals surface area contributed by atoms with Gasteiger partial charge in [-0.25, -0.2) is 9.78 Å². The maximum absolute atomic E-state index is 12.0. The van der Waals surface area contributed by atoms with Crippen molar-refractivity contribution in [3.63, 3.8) is 0 Å². The van der Waals surface area contributed by atoms with E-state index in [1.54, 1.807) is 0 Å². The number of nitrogens with one attached hydrogen (secondary N) is 3. The van der Waals surface area contributed by atoms with Crippen LogP contribution in [-0.2, 0) is 27.3 Å². The van der Waals surface area contributed by atoms with Gasteiger partial charge in [-0.05, 0) is 0 Å². The van der Waals surface area contributed by atoms with Gasteiger partial charge in [-0.1, -0.05) is 0 Å². The molecule has 2 rings (SSSR count). The van der Waals surface area contributed by atoms with Crippen LogP contribution in [0.1, 0.15) is 17.8 Å². The smallest absolute Gasteiger partial charge is 0.326 e. The van der Waals surface area contributed by atoms with Crippen LogP contribution in [0.4, 0.5) is 0 Å². The summed E-state index contributed by atoms with van der Waals surface area (Å²) in [7, 11) is 0. The topological polar surface area (TPSA) is 144 Å². The van der Waals surface area contributed by atoms with Crippen LogP contribution in [0, 0.1) is 0 Å². The molecule has 2 atom stereocenters. The molecule has 20 heavy (non-hydrogen) atoms. The molecule has 0 aromatic carbocycles. The highest BCUT2D eigenvalue weighted by atomic mass is 16.4. The predicted octanol–water partition coefficient (Wildman–Crippen LogP) is -1.53. The molecule has 0 radical (unpaired) electrons. The first-order chi connectivity index (χ1) is 9.47. The number of nitrogens with zero attached hydrogens (tertiary/aromatic N) is 1. The number of rotatable bonds is 5. The summed E-state index contributed by atoms with van der Waals surface area (Å²) in [5, 5.41) is 22.6. The maximum atomic E-state index is 12.0. The third kappa shape index (κ3) is 3.12. The van der Waals surface area contributed by atoms with Crippen molar-refractivity contribution < 1.29 is 24.6 Å². The van der Waals surface area contributed by atoms with Crippen LogP contribution >= 0.6 is 0 Å². The molecule has 1 aliphatic heterocycles. The lowest BCUT2D eigenvalue weighted by Gasteiger charge is -2.23. The quantitative estimate of drug-likeness (QED) is 0.440. The van der Waals surface area contributed by atoms with Crippen molar-refractivity contribution in [2.45, 2.75) is 31.5 Å². The number of aromatic nitrogens is 2. The van der Waals surface area contributed by atoms with Gasteiger partial charge in [0.1, 0.15) is 6.04 Å². The van der Waals surface area contributed by atoms with Gasteiger partial charge in [0.05, 0.1) is 30.2 Å². The van der Waals surface area contributed by atoms with E-state index in [0.29, 0.717) is 13.0 Å². The number of carboxylic acids is 2. The largest absolute Gasteiger partial charge is 0.481 e. The Morgan fingerprint density at radius 1 is 1.45 bits per heavy atom. The van der Waals surface area contributed by atoms with Gasteiger partial charge in [0, 0.05) is 13.0 Å². The average Bonchev–Trinajstić information content (AvgIpc) is 2.84. The second-order valence-electron chi connectivity index (χ2n) is 4.46. The number of hydrogen-bond acceptors (Lipinski definition) is 5. The van der Waals surface area contributed by atoms with Crippen molar-refractivity contribution >= 4 is 17.8 Å². The molecule has 2 heterocycles. The number of amides is 1. The zero-order valence-electron chi connectivity index (χ0n) is 10.4. The Hall–Kier alpha value is -2.42. The van der Waals surface area contributed by atoms with Crippen molar-refractivity contribution in [2.75, 3.05) is 0 Å². The Morgan fingerprint density at radius 2 is 2.20 bits per heavy atom. The van der Waals surface area contributed by atoms with E-state index in [-0.39, 0.29) is 0 Å². The van der Waals surface area contributed by atoms with Crippen LogP contribution < -0.4 is 10.6 Å². The van der Waals surface area contributed by atoms with E-state index in [1.165, 1.54) is 6.33 Å². The Kier molecular flexibility index (Phi) is 3.99. The molecule has 9 heteroatoms. The molecule has 1 aromatic rings. The summed E-state index contributed by atoms with van der Waals surface area (Å²) in [4.78, 5) is 40.4. The van der Waals surface area contributed by atoms with E-state index in [4.69, 9.17) is 10.2 Å². The van der Waals surface area contributed by atoms with Gasteiger partial charge in [0.2, 0.25) is 5.91 Å². The van der Waals surface area contributed by atoms with Crippen LogP contribution in [0.25, 0.3) is 0 Å². The number of carbonyl (C=O) groups excluding carboxylic acids is 1. The lowest BCUT2D eigenvalue weighted by Crippen LogP contribution is -2.52. The molecule has 0 spiro atoms. The maximum Gasteiger partial charge on any atom is 0.326 e. The van der Waals surface area contributed by atoms with Crippen molar-refractivity contribution in [1.29, 1.82) is 0 Å². The van der Waals surface area contributed by atoms with Gasteiger partial charge in [-0.2, -0.15) is 0 Å². The third-order valence-corrected chi connectivity index (χ3v) is 3.04. The molecule has 9 nitrogen and oxygen atoms in total. The second-order valence-corrected chi connectivity index (χ2v) is 4.46. The van der Waals surface area contributed by atoms with Crippen LogP contribution in [0.3, 0.4) is 0 Å². The van der Waals surface area contributed by atoms with Crippen LogP contribution in [0.5, 0.6) is 0 Å². The summed E-state index contributed by atoms with van der Waals surface area (Å²) in [6, 6.07) is -2.07. The van der Waals surface area contributed by atoms with Crippen LogP contribution in [0.2, 0.25) is 0 Å². The highest BCUT2D eigenvalue weighted by molar-refractivity contribution is 5.89. The zero-order valence-corrected chi connectivity index (χ0v) is 10.4. The van der Waals surface area contributed by atoms with Gasteiger partial charge in [0.25, 0.3) is 0 Å². The predicted molar refractivity (Wildman–Crippen MR) is 64.7 cm³/mol. The summed E-state index contributed by atoms with van der Waals surface area (Å²) < 4.78 is 0. The fourth-order valence-electron chi connectivity index (χ4n) is 2.00. The number of carbonyl (C=O) groups is 3. The molecule has 2 unspecified atom stereocenters. The molecular formula is C11H14N4O5. The van der Waals surface area contributed by atoms with Crippen molar-refractivity contribution in [2.24, 2.45) is 0 Å². The molecule has 0 saturated carbocycles. The van der Waals surface area contributed by atoms with E-state index < -0.39 is 36.4 Å². The standard InChI is InChI=1S/C11H14N4O5/c16-9(17)2-7(11(19)20)15-10(18)6-1-5-8(3-12-6)14-4-13-5/h4,6-7,12H,1-3H2,(H,13,14)(H,15,18)(H,16,17)(H,19,20). The molecule has 1 amide bonds. The first-order valence-corrected chi connectivity index (χ1v) is 5.97. The molecule has 0 saturated heterocycles. The molecule has 0 fully saturated rings. The normalized spacial score (nSPS) is 18.9. The van der Waals surface area contributed by atoms with E-state index in [9.17, 15) is 14.4 Å². The Balaban J connectivity index is 1.98. The molecule has 0 aliphatic carbocycles. The van der Waals surface area contributed by atoms with Crippen LogP contribution in [0.15, 0.2) is 6.33 Å². The number of aliphatic carboxylic acids is 2. The SMILES string of the molecule is O=C(O)CC(NC(=O)C1Cc2nc[nH]c2CN1)C(=O)O. The molecule has 0 bridgehead atoms. The van der Waals surface area contributed by atoms with E-state index in [1.807, 2.05) is 0 Å². The highest BCUT2D eigenvalue weighted by Gasteiger charge is 2.30. The molecule has 1 aliphatic rings. The Bertz CT molecular complexity index is 541. The molecular weight excluding hydrogens is 268 g/mol. The number of hydrogen-bond donors (Lipinski definition) is 5. The summed E-state index contributed by atoms with van der Waals surface area (Å²) in [5.74, 6) is -3.21. The number of imidazole rings is 1. The minimum absolute atomic E-state index is 0.323. The summed E-state index contributed by atoms with van der Waals surface area (Å²) in [6.45, 7) is 0.421. The summed E-state index contributed by atoms with van der Waals surface area (Å²) in [5.41, 5.74) is 1.63. The summed E-state index contributed by atoms with van der Waals surface area (Å²) >= 11 is 0. The third-order valence-electron chi connectivity index (χ3n) is 3.04. The monoisotopic (exact) mass is 282 g/mol. The number of aromatic amines is 1. The molecule has 5 N–H and O–H groups in total. The average molecular weight is 282 g/mol. The lowest BCUT2D eigenvalue weighted by atomic mass is 10.0. The lowest BCUT2D eigenvalue weighted by molar-refractivity contribution is -0.147. The summed E-state index contributed by atoms with van der Waals surface area (Å²) in [6.07, 6.45) is 1.18. The number of fused-ring (bicyclic) bond motifs is 1. The first-order valence-electron chi connectivity index (χ1n) is 5.97. The van der Waals surface area contributed by atoms with Crippen LogP contribution in [-0.4, -0.2) is 50.1 Å². The van der Waals surface area contributed by atoms with Gasteiger partial charge < -0.3 is 20.5 Å². The van der Waals surface area contributed by atoms with Crippen molar-refractivity contribution in [3.05, 3.63) is 17.7 Å². The Labute approximate surface area is 113 Å².